The highest BCUT2D eigenvalue weighted by atomic mass is 16.5. The number of hydrogen-bond donors (Lipinski definition) is 0. The van der Waals surface area contributed by atoms with Gasteiger partial charge in [0.2, 0.25) is 5.91 Å². The lowest BCUT2D eigenvalue weighted by Gasteiger charge is -2.31. The first kappa shape index (κ1) is 14.0. The van der Waals surface area contributed by atoms with Crippen LogP contribution < -0.4 is 0 Å². The highest BCUT2D eigenvalue weighted by Gasteiger charge is 2.40. The van der Waals surface area contributed by atoms with E-state index in [9.17, 15) is 9.59 Å². The molecule has 1 saturated carbocycles. The molecule has 1 aliphatic rings. The molecule has 0 heterocycles. The minimum absolute atomic E-state index is 0.162. The lowest BCUT2D eigenvalue weighted by molar-refractivity contribution is -0.144. The van der Waals surface area contributed by atoms with Crippen molar-refractivity contribution in [3.8, 4) is 0 Å². The lowest BCUT2D eigenvalue weighted by Crippen LogP contribution is -2.41. The van der Waals surface area contributed by atoms with Crippen molar-refractivity contribution in [2.45, 2.75) is 45.4 Å². The summed E-state index contributed by atoms with van der Waals surface area (Å²) >= 11 is 0. The smallest absolute Gasteiger partial charge is 0.307 e. The Labute approximate surface area is 103 Å². The van der Waals surface area contributed by atoms with Gasteiger partial charge in [-0.1, -0.05) is 19.8 Å². The molecule has 0 aromatic carbocycles. The van der Waals surface area contributed by atoms with Gasteiger partial charge in [0.1, 0.15) is 0 Å². The molecule has 98 valence electrons. The molecular weight excluding hydrogens is 218 g/mol. The van der Waals surface area contributed by atoms with Crippen molar-refractivity contribution >= 4 is 11.9 Å². The van der Waals surface area contributed by atoms with Crippen molar-refractivity contribution in [2.24, 2.45) is 5.41 Å². The summed E-state index contributed by atoms with van der Waals surface area (Å²) in [5.74, 6) is -0.0666. The molecule has 0 N–H and O–H groups in total. The van der Waals surface area contributed by atoms with Crippen LogP contribution in [0.15, 0.2) is 0 Å². The molecule has 0 saturated heterocycles. The van der Waals surface area contributed by atoms with Crippen LogP contribution >= 0.6 is 0 Å². The summed E-state index contributed by atoms with van der Waals surface area (Å²) in [6.07, 6.45) is 5.44. The zero-order valence-corrected chi connectivity index (χ0v) is 11.1. The van der Waals surface area contributed by atoms with E-state index in [0.717, 1.165) is 32.1 Å². The predicted octanol–water partition coefficient (Wildman–Crippen LogP) is 1.98. The predicted molar refractivity (Wildman–Crippen MR) is 65.5 cm³/mol. The van der Waals surface area contributed by atoms with E-state index in [1.54, 1.807) is 11.9 Å². The summed E-state index contributed by atoms with van der Waals surface area (Å²) < 4.78 is 4.58. The Kier molecular flexibility index (Phi) is 4.97. The highest BCUT2D eigenvalue weighted by molar-refractivity contribution is 5.83. The summed E-state index contributed by atoms with van der Waals surface area (Å²) in [5.41, 5.74) is -0.162. The first-order valence-corrected chi connectivity index (χ1v) is 6.38. The molecule has 0 aromatic rings. The molecule has 17 heavy (non-hydrogen) atoms. The van der Waals surface area contributed by atoms with Crippen molar-refractivity contribution in [2.75, 3.05) is 20.7 Å². The van der Waals surface area contributed by atoms with Crippen molar-refractivity contribution in [1.29, 1.82) is 0 Å². The number of carbonyl (C=O) groups is 2. The van der Waals surface area contributed by atoms with Crippen molar-refractivity contribution in [3.63, 3.8) is 0 Å². The van der Waals surface area contributed by atoms with Gasteiger partial charge in [-0.25, -0.2) is 0 Å². The monoisotopic (exact) mass is 241 g/mol. The van der Waals surface area contributed by atoms with Gasteiger partial charge in [-0.2, -0.15) is 0 Å². The fourth-order valence-corrected chi connectivity index (χ4v) is 2.64. The third kappa shape index (κ3) is 3.20. The second-order valence-corrected chi connectivity index (χ2v) is 4.89. The molecular formula is C13H23NO3. The Morgan fingerprint density at radius 1 is 1.29 bits per heavy atom. The van der Waals surface area contributed by atoms with Crippen LogP contribution in [0.3, 0.4) is 0 Å². The molecule has 0 spiro atoms. The first-order chi connectivity index (χ1) is 8.05. The zero-order valence-electron chi connectivity index (χ0n) is 11.1. The quantitative estimate of drug-likeness (QED) is 0.691. The highest BCUT2D eigenvalue weighted by Crippen LogP contribution is 2.42. The van der Waals surface area contributed by atoms with E-state index in [4.69, 9.17) is 0 Å². The third-order valence-electron chi connectivity index (χ3n) is 3.92. The molecule has 1 amide bonds. The average molecular weight is 241 g/mol. The molecule has 0 bridgehead atoms. The number of amides is 1. The minimum Gasteiger partial charge on any atom is -0.469 e. The number of hydrogen-bond acceptors (Lipinski definition) is 3. The summed E-state index contributed by atoms with van der Waals surface area (Å²) in [4.78, 5) is 25.1. The average Bonchev–Trinajstić information content (AvgIpc) is 2.84. The van der Waals surface area contributed by atoms with Crippen LogP contribution in [0.5, 0.6) is 0 Å². The van der Waals surface area contributed by atoms with Crippen LogP contribution in [-0.2, 0) is 14.3 Å². The number of esters is 1. The van der Waals surface area contributed by atoms with Crippen LogP contribution in [0, 0.1) is 5.41 Å². The summed E-state index contributed by atoms with van der Waals surface area (Å²) in [6, 6.07) is 0. The van der Waals surface area contributed by atoms with E-state index in [1.165, 1.54) is 7.11 Å². The lowest BCUT2D eigenvalue weighted by atomic mass is 9.82. The number of carbonyl (C=O) groups excluding carboxylic acids is 2. The molecule has 0 aromatic heterocycles. The topological polar surface area (TPSA) is 46.6 Å². The Morgan fingerprint density at radius 2 is 1.88 bits per heavy atom. The van der Waals surface area contributed by atoms with Gasteiger partial charge < -0.3 is 9.64 Å². The molecule has 1 fully saturated rings. The van der Waals surface area contributed by atoms with Crippen LogP contribution in [0.4, 0.5) is 0 Å². The molecule has 0 unspecified atom stereocenters. The van der Waals surface area contributed by atoms with E-state index in [2.05, 4.69) is 11.7 Å². The Bertz CT molecular complexity index is 282. The maximum atomic E-state index is 12.4. The van der Waals surface area contributed by atoms with Crippen molar-refractivity contribution < 1.29 is 14.3 Å². The number of methoxy groups -OCH3 is 1. The number of rotatable bonds is 5. The van der Waals surface area contributed by atoms with Crippen molar-refractivity contribution in [1.82, 2.24) is 4.90 Å². The largest absolute Gasteiger partial charge is 0.469 e. The maximum Gasteiger partial charge on any atom is 0.307 e. The molecule has 4 heteroatoms. The SMILES string of the molecule is CCC1(C(=O)N(C)CCC(=O)OC)CCCC1. The molecule has 0 aliphatic heterocycles. The number of ether oxygens (including phenoxy) is 1. The van der Waals surface area contributed by atoms with Gasteiger partial charge >= 0.3 is 5.97 Å². The van der Waals surface area contributed by atoms with E-state index in [1.807, 2.05) is 0 Å². The minimum atomic E-state index is -0.262. The van der Waals surface area contributed by atoms with Gasteiger partial charge in [0.15, 0.2) is 0 Å². The second-order valence-electron chi connectivity index (χ2n) is 4.89. The van der Waals surface area contributed by atoms with Gasteiger partial charge in [0, 0.05) is 19.0 Å². The summed E-state index contributed by atoms with van der Waals surface area (Å²) in [5, 5.41) is 0. The van der Waals surface area contributed by atoms with Crippen LogP contribution in [0.1, 0.15) is 45.4 Å². The van der Waals surface area contributed by atoms with Gasteiger partial charge in [0.05, 0.1) is 13.5 Å². The molecule has 0 atom stereocenters. The Balaban J connectivity index is 2.53. The fourth-order valence-electron chi connectivity index (χ4n) is 2.64. The third-order valence-corrected chi connectivity index (χ3v) is 3.92. The first-order valence-electron chi connectivity index (χ1n) is 6.38. The second kappa shape index (κ2) is 6.03. The van der Waals surface area contributed by atoms with Crippen LogP contribution in [0.25, 0.3) is 0 Å². The van der Waals surface area contributed by atoms with Gasteiger partial charge in [0.25, 0.3) is 0 Å². The van der Waals surface area contributed by atoms with Crippen LogP contribution in [0.2, 0.25) is 0 Å². The van der Waals surface area contributed by atoms with Gasteiger partial charge in [-0.15, -0.1) is 0 Å². The molecule has 1 aliphatic carbocycles. The van der Waals surface area contributed by atoms with Gasteiger partial charge in [-0.05, 0) is 19.3 Å². The maximum absolute atomic E-state index is 12.4. The van der Waals surface area contributed by atoms with E-state index < -0.39 is 0 Å². The summed E-state index contributed by atoms with van der Waals surface area (Å²) in [6.45, 7) is 2.53. The Hall–Kier alpha value is -1.06. The van der Waals surface area contributed by atoms with E-state index >= 15 is 0 Å². The van der Waals surface area contributed by atoms with Crippen LogP contribution in [-0.4, -0.2) is 37.5 Å². The fraction of sp³-hybridized carbons (Fsp3) is 0.846. The van der Waals surface area contributed by atoms with Gasteiger partial charge in [-0.3, -0.25) is 9.59 Å². The number of nitrogens with zero attached hydrogens (tertiary/aromatic N) is 1. The summed E-state index contributed by atoms with van der Waals surface area (Å²) in [7, 11) is 3.15. The van der Waals surface area contributed by atoms with E-state index in [0.29, 0.717) is 6.54 Å². The van der Waals surface area contributed by atoms with Crippen molar-refractivity contribution in [3.05, 3.63) is 0 Å². The molecule has 1 rings (SSSR count). The Morgan fingerprint density at radius 3 is 2.35 bits per heavy atom. The normalized spacial score (nSPS) is 17.8. The zero-order chi connectivity index (χ0) is 12.9. The molecule has 0 radical (unpaired) electrons. The standard InChI is InChI=1S/C13H23NO3/c1-4-13(8-5-6-9-13)12(16)14(2)10-7-11(15)17-3/h4-10H2,1-3H3. The molecule has 4 nitrogen and oxygen atoms in total. The van der Waals surface area contributed by atoms with E-state index in [-0.39, 0.29) is 23.7 Å².